The summed E-state index contributed by atoms with van der Waals surface area (Å²) in [6.07, 6.45) is 3.54. The van der Waals surface area contributed by atoms with Gasteiger partial charge in [-0.15, -0.1) is 0 Å². The van der Waals surface area contributed by atoms with Gasteiger partial charge in [-0.2, -0.15) is 5.10 Å². The van der Waals surface area contributed by atoms with Gasteiger partial charge in [0.2, 0.25) is 5.76 Å². The zero-order valence-electron chi connectivity index (χ0n) is 9.72. The van der Waals surface area contributed by atoms with Crippen molar-refractivity contribution in [1.82, 2.24) is 14.9 Å². The Labute approximate surface area is 107 Å². The van der Waals surface area contributed by atoms with Crippen LogP contribution >= 0.6 is 0 Å². The molecule has 6 nitrogen and oxygen atoms in total. The molecule has 94 valence electrons. The van der Waals surface area contributed by atoms with E-state index in [2.05, 4.69) is 10.3 Å². The summed E-state index contributed by atoms with van der Waals surface area (Å²) in [5, 5.41) is 16.6. The topological polar surface area (TPSA) is 81.1 Å². The van der Waals surface area contributed by atoms with Crippen LogP contribution in [0.4, 0.5) is 0 Å². The van der Waals surface area contributed by atoms with Crippen LogP contribution in [0, 0.1) is 0 Å². The number of aromatic nitrogens is 3. The number of aromatic carboxylic acids is 1. The normalized spacial score (nSPS) is 10.5. The first-order chi connectivity index (χ1) is 9.24. The molecule has 3 aromatic rings. The lowest BCUT2D eigenvalue weighted by Crippen LogP contribution is -1.93. The number of rotatable bonds is 3. The maximum absolute atomic E-state index is 10.7. The summed E-state index contributed by atoms with van der Waals surface area (Å²) >= 11 is 0. The van der Waals surface area contributed by atoms with E-state index in [0.29, 0.717) is 5.69 Å². The van der Waals surface area contributed by atoms with Crippen molar-refractivity contribution in [3.8, 4) is 16.9 Å². The molecule has 1 aromatic carbocycles. The lowest BCUT2D eigenvalue weighted by atomic mass is 10.1. The predicted molar refractivity (Wildman–Crippen MR) is 66.0 cm³/mol. The smallest absolute Gasteiger partial charge is 0.374 e. The van der Waals surface area contributed by atoms with Gasteiger partial charge in [0.05, 0.1) is 5.69 Å². The summed E-state index contributed by atoms with van der Waals surface area (Å²) < 4.78 is 6.45. The van der Waals surface area contributed by atoms with Gasteiger partial charge in [0.25, 0.3) is 0 Å². The highest BCUT2D eigenvalue weighted by Gasteiger charge is 2.12. The third-order valence-electron chi connectivity index (χ3n) is 2.65. The monoisotopic (exact) mass is 255 g/mol. The fourth-order valence-corrected chi connectivity index (χ4v) is 1.72. The summed E-state index contributed by atoms with van der Waals surface area (Å²) in [6, 6.07) is 10.6. The third kappa shape index (κ3) is 2.11. The fraction of sp³-hybridized carbons (Fsp3) is 0. The van der Waals surface area contributed by atoms with Gasteiger partial charge in [0.1, 0.15) is 5.69 Å². The van der Waals surface area contributed by atoms with E-state index in [1.54, 1.807) is 10.9 Å². The van der Waals surface area contributed by atoms with Gasteiger partial charge in [-0.25, -0.2) is 9.48 Å². The minimum Gasteiger partial charge on any atom is -0.475 e. The highest BCUT2D eigenvalue weighted by molar-refractivity contribution is 5.85. The lowest BCUT2D eigenvalue weighted by Gasteiger charge is -2.01. The van der Waals surface area contributed by atoms with Crippen molar-refractivity contribution in [2.45, 2.75) is 0 Å². The van der Waals surface area contributed by atoms with Crippen LogP contribution in [0.25, 0.3) is 16.9 Å². The first kappa shape index (κ1) is 11.2. The summed E-state index contributed by atoms with van der Waals surface area (Å²) in [6.45, 7) is 0. The van der Waals surface area contributed by atoms with E-state index >= 15 is 0 Å². The SMILES string of the molecule is O=C(O)c1cc(-c2ccc(-n3cccn3)cc2)no1. The maximum Gasteiger partial charge on any atom is 0.374 e. The van der Waals surface area contributed by atoms with E-state index in [-0.39, 0.29) is 5.76 Å². The summed E-state index contributed by atoms with van der Waals surface area (Å²) in [5.41, 5.74) is 2.19. The van der Waals surface area contributed by atoms with Gasteiger partial charge >= 0.3 is 5.97 Å². The largest absolute Gasteiger partial charge is 0.475 e. The van der Waals surface area contributed by atoms with Crippen molar-refractivity contribution < 1.29 is 14.4 Å². The number of hydrogen-bond acceptors (Lipinski definition) is 4. The Kier molecular flexibility index (Phi) is 2.60. The molecule has 0 bridgehead atoms. The Morgan fingerprint density at radius 1 is 1.26 bits per heavy atom. The molecule has 2 heterocycles. The van der Waals surface area contributed by atoms with Gasteiger partial charge in [-0.3, -0.25) is 0 Å². The molecule has 0 radical (unpaired) electrons. The second-order valence-electron chi connectivity index (χ2n) is 3.88. The molecule has 0 unspecified atom stereocenters. The van der Waals surface area contributed by atoms with Crippen LogP contribution < -0.4 is 0 Å². The van der Waals surface area contributed by atoms with Crippen molar-refractivity contribution in [1.29, 1.82) is 0 Å². The Bertz CT molecular complexity index is 699. The fourth-order valence-electron chi connectivity index (χ4n) is 1.72. The first-order valence-corrected chi connectivity index (χ1v) is 5.54. The zero-order chi connectivity index (χ0) is 13.2. The van der Waals surface area contributed by atoms with Crippen LogP contribution in [-0.4, -0.2) is 26.0 Å². The molecule has 0 atom stereocenters. The highest BCUT2D eigenvalue weighted by Crippen LogP contribution is 2.20. The predicted octanol–water partition coefficient (Wildman–Crippen LogP) is 2.23. The van der Waals surface area contributed by atoms with E-state index in [0.717, 1.165) is 11.3 Å². The molecule has 0 amide bonds. The third-order valence-corrected chi connectivity index (χ3v) is 2.65. The van der Waals surface area contributed by atoms with Gasteiger partial charge in [-0.05, 0) is 18.2 Å². The molecule has 0 spiro atoms. The van der Waals surface area contributed by atoms with Crippen LogP contribution in [0.15, 0.2) is 53.3 Å². The van der Waals surface area contributed by atoms with Gasteiger partial charge < -0.3 is 9.63 Å². The number of hydrogen-bond donors (Lipinski definition) is 1. The Morgan fingerprint density at radius 2 is 2.05 bits per heavy atom. The minimum absolute atomic E-state index is 0.175. The van der Waals surface area contributed by atoms with Gasteiger partial charge in [-0.1, -0.05) is 17.3 Å². The van der Waals surface area contributed by atoms with E-state index in [9.17, 15) is 4.79 Å². The van der Waals surface area contributed by atoms with E-state index in [1.165, 1.54) is 6.07 Å². The van der Waals surface area contributed by atoms with E-state index < -0.39 is 5.97 Å². The first-order valence-electron chi connectivity index (χ1n) is 5.54. The molecule has 0 aliphatic rings. The van der Waals surface area contributed by atoms with Crippen molar-refractivity contribution in [2.24, 2.45) is 0 Å². The molecule has 0 saturated heterocycles. The number of benzene rings is 1. The lowest BCUT2D eigenvalue weighted by molar-refractivity contribution is 0.0652. The second kappa shape index (κ2) is 4.41. The van der Waals surface area contributed by atoms with Gasteiger partial charge in [0.15, 0.2) is 0 Å². The molecule has 6 heteroatoms. The summed E-state index contributed by atoms with van der Waals surface area (Å²) in [7, 11) is 0. The molecular weight excluding hydrogens is 246 g/mol. The quantitative estimate of drug-likeness (QED) is 0.776. The number of nitrogens with zero attached hydrogens (tertiary/aromatic N) is 3. The Hall–Kier alpha value is -2.89. The van der Waals surface area contributed by atoms with Crippen molar-refractivity contribution in [3.63, 3.8) is 0 Å². The zero-order valence-corrected chi connectivity index (χ0v) is 9.72. The molecule has 3 rings (SSSR count). The van der Waals surface area contributed by atoms with E-state index in [1.807, 2.05) is 36.5 Å². The average molecular weight is 255 g/mol. The van der Waals surface area contributed by atoms with Crippen molar-refractivity contribution in [2.75, 3.05) is 0 Å². The number of carboxylic acids is 1. The average Bonchev–Trinajstić information content (AvgIpc) is 3.11. The van der Waals surface area contributed by atoms with Crippen LogP contribution in [0.1, 0.15) is 10.6 Å². The van der Waals surface area contributed by atoms with Crippen LogP contribution in [-0.2, 0) is 0 Å². The second-order valence-corrected chi connectivity index (χ2v) is 3.88. The minimum atomic E-state index is -1.13. The van der Waals surface area contributed by atoms with Crippen molar-refractivity contribution in [3.05, 3.63) is 54.6 Å². The Morgan fingerprint density at radius 3 is 2.63 bits per heavy atom. The molecule has 0 aliphatic heterocycles. The van der Waals surface area contributed by atoms with Crippen LogP contribution in [0.3, 0.4) is 0 Å². The van der Waals surface area contributed by atoms with Gasteiger partial charge in [0, 0.05) is 24.0 Å². The van der Waals surface area contributed by atoms with E-state index in [4.69, 9.17) is 9.63 Å². The molecule has 2 aromatic heterocycles. The molecule has 0 fully saturated rings. The summed E-state index contributed by atoms with van der Waals surface area (Å²) in [4.78, 5) is 10.7. The highest BCUT2D eigenvalue weighted by atomic mass is 16.5. The maximum atomic E-state index is 10.7. The Balaban J connectivity index is 1.91. The van der Waals surface area contributed by atoms with Crippen LogP contribution in [0.5, 0.6) is 0 Å². The molecule has 0 aliphatic carbocycles. The van der Waals surface area contributed by atoms with Crippen molar-refractivity contribution >= 4 is 5.97 Å². The molecule has 1 N–H and O–H groups in total. The standard InChI is InChI=1S/C13H9N3O3/c17-13(18)12-8-11(15-19-12)9-2-4-10(5-3-9)16-7-1-6-14-16/h1-8H,(H,17,18). The molecule has 19 heavy (non-hydrogen) atoms. The summed E-state index contributed by atoms with van der Waals surface area (Å²) in [5.74, 6) is -1.31. The molecule has 0 saturated carbocycles. The van der Waals surface area contributed by atoms with Crippen LogP contribution in [0.2, 0.25) is 0 Å². The number of carbonyl (C=O) groups is 1. The number of carboxylic acid groups (broad SMARTS) is 1. The molecular formula is C13H9N3O3.